The minimum absolute atomic E-state index is 0.152. The summed E-state index contributed by atoms with van der Waals surface area (Å²) in [5.41, 5.74) is 1.28. The topological polar surface area (TPSA) is 20.3 Å². The zero-order valence-corrected chi connectivity index (χ0v) is 12.0. The minimum atomic E-state index is 0.152. The molecule has 0 saturated carbocycles. The van der Waals surface area contributed by atoms with Gasteiger partial charge in [-0.05, 0) is 40.0 Å². The van der Waals surface area contributed by atoms with Crippen LogP contribution in [0, 0.1) is 0 Å². The zero-order valence-electron chi connectivity index (χ0n) is 12.0. The molecule has 0 aliphatic rings. The van der Waals surface area contributed by atoms with Gasteiger partial charge in [0.05, 0.1) is 0 Å². The van der Waals surface area contributed by atoms with Crippen LogP contribution in [0.25, 0.3) is 0 Å². The maximum absolute atomic E-state index is 11.4. The maximum atomic E-state index is 11.4. The third kappa shape index (κ3) is 7.78. The van der Waals surface area contributed by atoms with Crippen molar-refractivity contribution >= 4 is 5.91 Å². The number of allylic oxidation sites excluding steroid dienone is 3. The lowest BCUT2D eigenvalue weighted by Crippen LogP contribution is -2.36. The third-order valence-electron chi connectivity index (χ3n) is 2.68. The van der Waals surface area contributed by atoms with Gasteiger partial charge in [0.2, 0.25) is 5.91 Å². The van der Waals surface area contributed by atoms with Gasteiger partial charge in [-0.2, -0.15) is 0 Å². The van der Waals surface area contributed by atoms with Crippen molar-refractivity contribution in [1.29, 1.82) is 0 Å². The maximum Gasteiger partial charge on any atom is 0.219 e. The molecule has 98 valence electrons. The first kappa shape index (κ1) is 16.0. The Kier molecular flexibility index (Phi) is 8.47. The molecule has 0 N–H and O–H groups in total. The molecule has 0 aromatic heterocycles. The summed E-state index contributed by atoms with van der Waals surface area (Å²) in [6, 6.07) is 0.274. The Morgan fingerprint density at radius 3 is 2.29 bits per heavy atom. The second kappa shape index (κ2) is 9.03. The molecular formula is C15H27NO. The molecule has 0 saturated heterocycles. The average Bonchev–Trinajstić information content (AvgIpc) is 2.24. The van der Waals surface area contributed by atoms with E-state index >= 15 is 0 Å². The van der Waals surface area contributed by atoms with Gasteiger partial charge in [-0.3, -0.25) is 4.79 Å². The van der Waals surface area contributed by atoms with Gasteiger partial charge in [-0.1, -0.05) is 30.7 Å². The summed E-state index contributed by atoms with van der Waals surface area (Å²) < 4.78 is 0. The second-order valence-electron chi connectivity index (χ2n) is 4.75. The largest absolute Gasteiger partial charge is 0.337 e. The van der Waals surface area contributed by atoms with Crippen LogP contribution in [0.5, 0.6) is 0 Å². The van der Waals surface area contributed by atoms with E-state index in [4.69, 9.17) is 0 Å². The van der Waals surface area contributed by atoms with Gasteiger partial charge in [-0.15, -0.1) is 0 Å². The summed E-state index contributed by atoms with van der Waals surface area (Å²) in [6.07, 6.45) is 9.90. The molecule has 0 bridgehead atoms. The van der Waals surface area contributed by atoms with Crippen LogP contribution in [-0.2, 0) is 4.79 Å². The van der Waals surface area contributed by atoms with Crippen LogP contribution < -0.4 is 0 Å². The van der Waals surface area contributed by atoms with E-state index < -0.39 is 0 Å². The summed E-state index contributed by atoms with van der Waals surface area (Å²) in [5, 5.41) is 0. The highest BCUT2D eigenvalue weighted by molar-refractivity contribution is 5.73. The molecule has 0 aliphatic heterocycles. The summed E-state index contributed by atoms with van der Waals surface area (Å²) >= 11 is 0. The van der Waals surface area contributed by atoms with E-state index in [2.05, 4.69) is 45.9 Å². The zero-order chi connectivity index (χ0) is 13.3. The predicted molar refractivity (Wildman–Crippen MR) is 74.9 cm³/mol. The van der Waals surface area contributed by atoms with E-state index in [0.29, 0.717) is 0 Å². The molecule has 2 heteroatoms. The van der Waals surface area contributed by atoms with Gasteiger partial charge in [0.25, 0.3) is 0 Å². The lowest BCUT2D eigenvalue weighted by atomic mass is 10.1. The predicted octanol–water partition coefficient (Wildman–Crippen LogP) is 3.94. The normalized spacial score (nSPS) is 12.5. The average molecular weight is 237 g/mol. The second-order valence-corrected chi connectivity index (χ2v) is 4.75. The SMILES string of the molecule is CCC=CCCC=C(C)CN(C(C)=O)C(C)C. The molecule has 0 fully saturated rings. The molecule has 0 aliphatic carbocycles. The Balaban J connectivity index is 4.12. The Bertz CT molecular complexity index is 277. The Morgan fingerprint density at radius 1 is 1.18 bits per heavy atom. The Morgan fingerprint density at radius 2 is 1.82 bits per heavy atom. The lowest BCUT2D eigenvalue weighted by Gasteiger charge is -2.25. The first-order valence-electron chi connectivity index (χ1n) is 6.56. The van der Waals surface area contributed by atoms with Crippen molar-refractivity contribution < 1.29 is 4.79 Å². The fraction of sp³-hybridized carbons (Fsp3) is 0.667. The van der Waals surface area contributed by atoms with Crippen molar-refractivity contribution in [1.82, 2.24) is 4.90 Å². The molecule has 0 aromatic carbocycles. The van der Waals surface area contributed by atoms with E-state index in [1.807, 2.05) is 4.90 Å². The molecule has 0 spiro atoms. The number of amides is 1. The molecule has 0 unspecified atom stereocenters. The van der Waals surface area contributed by atoms with Crippen LogP contribution >= 0.6 is 0 Å². The molecular weight excluding hydrogens is 210 g/mol. The number of hydrogen-bond donors (Lipinski definition) is 0. The number of rotatable bonds is 7. The highest BCUT2D eigenvalue weighted by Gasteiger charge is 2.12. The monoisotopic (exact) mass is 237 g/mol. The quantitative estimate of drug-likeness (QED) is 0.485. The molecule has 2 nitrogen and oxygen atoms in total. The van der Waals surface area contributed by atoms with Crippen molar-refractivity contribution in [2.24, 2.45) is 0 Å². The summed E-state index contributed by atoms with van der Waals surface area (Å²) in [6.45, 7) is 10.7. The molecule has 0 aromatic rings. The highest BCUT2D eigenvalue weighted by atomic mass is 16.2. The number of unbranched alkanes of at least 4 members (excludes halogenated alkanes) is 1. The van der Waals surface area contributed by atoms with Gasteiger partial charge in [0.15, 0.2) is 0 Å². The number of carbonyl (C=O) groups excluding carboxylic acids is 1. The molecule has 0 atom stereocenters. The summed E-state index contributed by atoms with van der Waals surface area (Å²) in [4.78, 5) is 13.3. The van der Waals surface area contributed by atoms with Crippen LogP contribution in [-0.4, -0.2) is 23.4 Å². The van der Waals surface area contributed by atoms with Crippen molar-refractivity contribution in [2.75, 3.05) is 6.54 Å². The fourth-order valence-electron chi connectivity index (χ4n) is 1.70. The molecule has 0 radical (unpaired) electrons. The van der Waals surface area contributed by atoms with E-state index in [1.165, 1.54) is 5.57 Å². The van der Waals surface area contributed by atoms with Gasteiger partial charge >= 0.3 is 0 Å². The van der Waals surface area contributed by atoms with E-state index in [9.17, 15) is 4.79 Å². The van der Waals surface area contributed by atoms with Crippen LogP contribution in [0.15, 0.2) is 23.8 Å². The fourth-order valence-corrected chi connectivity index (χ4v) is 1.70. The molecule has 0 heterocycles. The Hall–Kier alpha value is -1.05. The van der Waals surface area contributed by atoms with Gasteiger partial charge in [0.1, 0.15) is 0 Å². The van der Waals surface area contributed by atoms with Crippen LogP contribution in [0.3, 0.4) is 0 Å². The van der Waals surface area contributed by atoms with Crippen LogP contribution in [0.2, 0.25) is 0 Å². The number of carbonyl (C=O) groups is 1. The Labute approximate surface area is 106 Å². The van der Waals surface area contributed by atoms with Crippen LogP contribution in [0.1, 0.15) is 53.9 Å². The minimum Gasteiger partial charge on any atom is -0.337 e. The van der Waals surface area contributed by atoms with Gasteiger partial charge in [0, 0.05) is 19.5 Å². The van der Waals surface area contributed by atoms with E-state index in [0.717, 1.165) is 25.8 Å². The van der Waals surface area contributed by atoms with Crippen molar-refractivity contribution in [3.8, 4) is 0 Å². The summed E-state index contributed by atoms with van der Waals surface area (Å²) in [5.74, 6) is 0.152. The third-order valence-corrected chi connectivity index (χ3v) is 2.68. The smallest absolute Gasteiger partial charge is 0.219 e. The van der Waals surface area contributed by atoms with E-state index in [-0.39, 0.29) is 11.9 Å². The van der Waals surface area contributed by atoms with Crippen molar-refractivity contribution in [3.05, 3.63) is 23.8 Å². The van der Waals surface area contributed by atoms with Crippen LogP contribution in [0.4, 0.5) is 0 Å². The van der Waals surface area contributed by atoms with Crippen molar-refractivity contribution in [2.45, 2.75) is 59.9 Å². The summed E-state index contributed by atoms with van der Waals surface area (Å²) in [7, 11) is 0. The number of hydrogen-bond acceptors (Lipinski definition) is 1. The first-order chi connectivity index (χ1) is 7.99. The van der Waals surface area contributed by atoms with Crippen molar-refractivity contribution in [3.63, 3.8) is 0 Å². The highest BCUT2D eigenvalue weighted by Crippen LogP contribution is 2.06. The standard InChI is InChI=1S/C15H27NO/c1-6-7-8-9-10-11-14(4)12-16(13(2)3)15(5)17/h7-8,11,13H,6,9-10,12H2,1-5H3. The molecule has 0 rings (SSSR count). The van der Waals surface area contributed by atoms with E-state index in [1.54, 1.807) is 6.92 Å². The number of nitrogens with zero attached hydrogens (tertiary/aromatic N) is 1. The molecule has 17 heavy (non-hydrogen) atoms. The van der Waals surface area contributed by atoms with Gasteiger partial charge in [-0.25, -0.2) is 0 Å². The van der Waals surface area contributed by atoms with Gasteiger partial charge < -0.3 is 4.90 Å². The molecule has 1 amide bonds. The lowest BCUT2D eigenvalue weighted by molar-refractivity contribution is -0.130. The first-order valence-corrected chi connectivity index (χ1v) is 6.56.